The number of carboxylic acid groups (broad SMARTS) is 1. The number of amides is 1. The SMILES string of the molecule is O=C(CC(CC(=O)c1ccc(-c2ccccc2)cc1)Cc1ccc(Cl)c(Cl)c1)N[C@@H](CSCc1ccccc1)C(=O)O. The molecule has 0 bridgehead atoms. The minimum absolute atomic E-state index is 0.0127. The Kier molecular flexibility index (Phi) is 11.6. The number of carbonyl (C=O) groups excluding carboxylic acids is 2. The summed E-state index contributed by atoms with van der Waals surface area (Å²) in [7, 11) is 0. The summed E-state index contributed by atoms with van der Waals surface area (Å²) in [6.45, 7) is 0. The maximum atomic E-state index is 13.3. The zero-order chi connectivity index (χ0) is 29.9. The molecule has 42 heavy (non-hydrogen) atoms. The van der Waals surface area contributed by atoms with E-state index in [0.29, 0.717) is 27.8 Å². The molecule has 216 valence electrons. The van der Waals surface area contributed by atoms with Gasteiger partial charge in [-0.25, -0.2) is 4.79 Å². The molecule has 2 atom stereocenters. The molecule has 0 aliphatic heterocycles. The zero-order valence-corrected chi connectivity index (χ0v) is 25.2. The van der Waals surface area contributed by atoms with Crippen LogP contribution in [-0.2, 0) is 21.8 Å². The van der Waals surface area contributed by atoms with Crippen molar-refractivity contribution in [3.05, 3.63) is 130 Å². The number of rotatable bonds is 14. The van der Waals surface area contributed by atoms with Crippen molar-refractivity contribution in [1.29, 1.82) is 0 Å². The second kappa shape index (κ2) is 15.6. The second-order valence-corrected chi connectivity index (χ2v) is 11.9. The molecule has 1 amide bonds. The van der Waals surface area contributed by atoms with Crippen LogP contribution >= 0.6 is 35.0 Å². The van der Waals surface area contributed by atoms with Crippen LogP contribution in [0.25, 0.3) is 11.1 Å². The van der Waals surface area contributed by atoms with Crippen LogP contribution in [0.3, 0.4) is 0 Å². The number of Topliss-reactive ketones (excluding diaryl/α,β-unsaturated/α-hetero) is 1. The molecular weight excluding hydrogens is 589 g/mol. The molecule has 0 saturated heterocycles. The Balaban J connectivity index is 1.43. The number of carbonyl (C=O) groups is 3. The molecule has 4 aromatic carbocycles. The molecule has 0 radical (unpaired) electrons. The Morgan fingerprint density at radius 1 is 0.738 bits per heavy atom. The van der Waals surface area contributed by atoms with Crippen LogP contribution in [0.15, 0.2) is 103 Å². The summed E-state index contributed by atoms with van der Waals surface area (Å²) >= 11 is 13.7. The summed E-state index contributed by atoms with van der Waals surface area (Å²) in [6, 6.07) is 31.2. The molecule has 8 heteroatoms. The highest BCUT2D eigenvalue weighted by Gasteiger charge is 2.24. The third-order valence-corrected chi connectivity index (χ3v) is 8.65. The standard InChI is InChI=1S/C34H31Cl2NO4S/c35-29-16-11-24(18-30(29)36)17-25(19-32(38)28-14-12-27(13-15-28)26-9-5-2-6-10-26)20-33(39)37-31(34(40)41)22-42-21-23-7-3-1-4-8-23/h1-16,18,25,31H,17,19-22H2,(H,37,39)(H,40,41)/t25?,31-/m0/s1. The first-order valence-electron chi connectivity index (χ1n) is 13.5. The van der Waals surface area contributed by atoms with E-state index in [9.17, 15) is 19.5 Å². The van der Waals surface area contributed by atoms with Gasteiger partial charge in [-0.2, -0.15) is 11.8 Å². The van der Waals surface area contributed by atoms with Crippen molar-refractivity contribution in [2.45, 2.75) is 31.1 Å². The van der Waals surface area contributed by atoms with E-state index in [0.717, 1.165) is 22.3 Å². The fourth-order valence-corrected chi connectivity index (χ4v) is 5.96. The summed E-state index contributed by atoms with van der Waals surface area (Å²) in [5, 5.41) is 13.2. The largest absolute Gasteiger partial charge is 0.480 e. The van der Waals surface area contributed by atoms with E-state index in [1.165, 1.54) is 11.8 Å². The van der Waals surface area contributed by atoms with E-state index in [1.54, 1.807) is 24.3 Å². The highest BCUT2D eigenvalue weighted by Crippen LogP contribution is 2.27. The molecule has 2 N–H and O–H groups in total. The van der Waals surface area contributed by atoms with Gasteiger partial charge >= 0.3 is 5.97 Å². The first-order valence-corrected chi connectivity index (χ1v) is 15.5. The van der Waals surface area contributed by atoms with E-state index >= 15 is 0 Å². The Bertz CT molecular complexity index is 1500. The topological polar surface area (TPSA) is 83.5 Å². The third kappa shape index (κ3) is 9.48. The Morgan fingerprint density at radius 2 is 1.38 bits per heavy atom. The molecule has 0 aliphatic rings. The molecule has 5 nitrogen and oxygen atoms in total. The number of carboxylic acids is 1. The summed E-state index contributed by atoms with van der Waals surface area (Å²) < 4.78 is 0. The molecule has 4 rings (SSSR count). The lowest BCUT2D eigenvalue weighted by atomic mass is 9.89. The van der Waals surface area contributed by atoms with Gasteiger partial charge in [-0.15, -0.1) is 0 Å². The average molecular weight is 621 g/mol. The number of nitrogens with one attached hydrogen (secondary N) is 1. The van der Waals surface area contributed by atoms with Gasteiger partial charge in [-0.1, -0.05) is 114 Å². The van der Waals surface area contributed by atoms with Gasteiger partial charge in [0.15, 0.2) is 5.78 Å². The molecule has 4 aromatic rings. The van der Waals surface area contributed by atoms with E-state index in [1.807, 2.05) is 78.9 Å². The van der Waals surface area contributed by atoms with E-state index in [4.69, 9.17) is 23.2 Å². The van der Waals surface area contributed by atoms with Crippen LogP contribution in [0, 0.1) is 5.92 Å². The lowest BCUT2D eigenvalue weighted by molar-refractivity contribution is -0.141. The predicted molar refractivity (Wildman–Crippen MR) is 171 cm³/mol. The van der Waals surface area contributed by atoms with E-state index in [-0.39, 0.29) is 30.3 Å². The monoisotopic (exact) mass is 619 g/mol. The average Bonchev–Trinajstić information content (AvgIpc) is 2.99. The van der Waals surface area contributed by atoms with Gasteiger partial charge in [0.25, 0.3) is 0 Å². The molecular formula is C34H31Cl2NO4S. The van der Waals surface area contributed by atoms with Gasteiger partial charge in [-0.05, 0) is 46.7 Å². The first-order chi connectivity index (χ1) is 20.3. The molecule has 0 fully saturated rings. The molecule has 0 saturated carbocycles. The van der Waals surface area contributed by atoms with Crippen molar-refractivity contribution in [2.75, 3.05) is 5.75 Å². The Morgan fingerprint density at radius 3 is 2.02 bits per heavy atom. The number of ketones is 1. The van der Waals surface area contributed by atoms with E-state index in [2.05, 4.69) is 5.32 Å². The molecule has 1 unspecified atom stereocenters. The minimum Gasteiger partial charge on any atom is -0.480 e. The summed E-state index contributed by atoms with van der Waals surface area (Å²) in [5.74, 6) is -1.13. The van der Waals surface area contributed by atoms with Crippen LogP contribution in [0.5, 0.6) is 0 Å². The predicted octanol–water partition coefficient (Wildman–Crippen LogP) is 7.99. The normalized spacial score (nSPS) is 12.3. The molecule has 0 heterocycles. The van der Waals surface area contributed by atoms with Crippen LogP contribution in [-0.4, -0.2) is 34.6 Å². The quantitative estimate of drug-likeness (QED) is 0.140. The number of thioether (sulfide) groups is 1. The van der Waals surface area contributed by atoms with Crippen molar-refractivity contribution >= 4 is 52.6 Å². The summed E-state index contributed by atoms with van der Waals surface area (Å²) in [4.78, 5) is 38.3. The number of halogens is 2. The number of hydrogen-bond acceptors (Lipinski definition) is 4. The molecule has 0 aliphatic carbocycles. The molecule has 0 aromatic heterocycles. The second-order valence-electron chi connectivity index (χ2n) is 10.1. The number of aliphatic carboxylic acids is 1. The lowest BCUT2D eigenvalue weighted by Gasteiger charge is -2.19. The maximum Gasteiger partial charge on any atom is 0.327 e. The third-order valence-electron chi connectivity index (χ3n) is 6.80. The lowest BCUT2D eigenvalue weighted by Crippen LogP contribution is -2.43. The van der Waals surface area contributed by atoms with Crippen molar-refractivity contribution < 1.29 is 19.5 Å². The van der Waals surface area contributed by atoms with Crippen LogP contribution < -0.4 is 5.32 Å². The fraction of sp³-hybridized carbons (Fsp3) is 0.206. The van der Waals surface area contributed by atoms with Gasteiger partial charge in [-0.3, -0.25) is 9.59 Å². The van der Waals surface area contributed by atoms with Crippen LogP contribution in [0.4, 0.5) is 0 Å². The minimum atomic E-state index is -1.10. The van der Waals surface area contributed by atoms with Gasteiger partial charge in [0.2, 0.25) is 5.91 Å². The smallest absolute Gasteiger partial charge is 0.327 e. The van der Waals surface area contributed by atoms with Crippen molar-refractivity contribution in [2.24, 2.45) is 5.92 Å². The van der Waals surface area contributed by atoms with Crippen molar-refractivity contribution in [3.63, 3.8) is 0 Å². The van der Waals surface area contributed by atoms with Crippen molar-refractivity contribution in [3.8, 4) is 11.1 Å². The maximum absolute atomic E-state index is 13.3. The van der Waals surface area contributed by atoms with Crippen LogP contribution in [0.1, 0.15) is 34.3 Å². The first kappa shape index (κ1) is 31.4. The fourth-order valence-electron chi connectivity index (χ4n) is 4.63. The Hall–Kier alpha value is -3.58. The van der Waals surface area contributed by atoms with Gasteiger partial charge in [0, 0.05) is 29.9 Å². The Labute approximate surface area is 260 Å². The highest BCUT2D eigenvalue weighted by atomic mass is 35.5. The summed E-state index contributed by atoms with van der Waals surface area (Å²) in [6.07, 6.45) is 0.499. The summed E-state index contributed by atoms with van der Waals surface area (Å²) in [5.41, 5.74) is 4.52. The van der Waals surface area contributed by atoms with E-state index < -0.39 is 17.9 Å². The van der Waals surface area contributed by atoms with Gasteiger partial charge in [0.1, 0.15) is 6.04 Å². The zero-order valence-electron chi connectivity index (χ0n) is 22.8. The van der Waals surface area contributed by atoms with Gasteiger partial charge in [0.05, 0.1) is 10.0 Å². The van der Waals surface area contributed by atoms with Gasteiger partial charge < -0.3 is 10.4 Å². The van der Waals surface area contributed by atoms with Crippen molar-refractivity contribution in [1.82, 2.24) is 5.32 Å². The molecule has 0 spiro atoms. The highest BCUT2D eigenvalue weighted by molar-refractivity contribution is 7.98. The number of benzene rings is 4. The number of hydrogen-bond donors (Lipinski definition) is 2. The van der Waals surface area contributed by atoms with Crippen LogP contribution in [0.2, 0.25) is 10.0 Å².